The summed E-state index contributed by atoms with van der Waals surface area (Å²) < 4.78 is 109. The Morgan fingerprint density at radius 3 is 1.48 bits per heavy atom. The fourth-order valence-corrected chi connectivity index (χ4v) is 8.92. The first-order valence-corrected chi connectivity index (χ1v) is 25.0. The summed E-state index contributed by atoms with van der Waals surface area (Å²) in [6, 6.07) is 6.54. The van der Waals surface area contributed by atoms with Gasteiger partial charge in [0.1, 0.15) is 0 Å². The van der Waals surface area contributed by atoms with Crippen LogP contribution in [0.4, 0.5) is 37.7 Å². The molecule has 376 valence electrons. The van der Waals surface area contributed by atoms with E-state index in [9.17, 15) is 63.5 Å². The number of alkyl halides is 6. The van der Waals surface area contributed by atoms with Crippen LogP contribution in [0.25, 0.3) is 22.3 Å². The van der Waals surface area contributed by atoms with Crippen LogP contribution in [-0.4, -0.2) is 70.1 Å². The Morgan fingerprint density at radius 1 is 0.676 bits per heavy atom. The second-order valence-electron chi connectivity index (χ2n) is 16.2. The van der Waals surface area contributed by atoms with Gasteiger partial charge in [0, 0.05) is 73.0 Å². The van der Waals surface area contributed by atoms with Crippen LogP contribution in [0.3, 0.4) is 0 Å². The number of nitrogens with one attached hydrogen (secondary N) is 2. The second kappa shape index (κ2) is 21.0. The van der Waals surface area contributed by atoms with Gasteiger partial charge in [-0.1, -0.05) is 17.8 Å². The minimum absolute atomic E-state index is 0.00371. The monoisotopic (exact) mass is 1140 g/mol. The SMILES string of the molecule is C#CCn1c(=O)n(C)c(=O)c2c1nc(S(C)=O)n2C.Cn1c(=O)c2c(nc(S(C)=O)n2C)n(CC#Cc2cc(NC(=O)C3CC3)cc(C(F)(F)F)c2)c1=O.O=C(Nc1cc(I)cc(C(F)(F)F)c1)C1CC1. The van der Waals surface area contributed by atoms with Crippen molar-refractivity contribution in [2.24, 2.45) is 40.0 Å². The normalized spacial score (nSPS) is 14.3. The van der Waals surface area contributed by atoms with Gasteiger partial charge in [0.2, 0.25) is 22.1 Å². The molecule has 2 aliphatic rings. The third kappa shape index (κ3) is 12.1. The first-order chi connectivity index (χ1) is 33.1. The van der Waals surface area contributed by atoms with E-state index < -0.39 is 67.6 Å². The number of amides is 2. The van der Waals surface area contributed by atoms with Crippen LogP contribution in [0.2, 0.25) is 0 Å². The van der Waals surface area contributed by atoms with E-state index in [1.165, 1.54) is 59.5 Å². The maximum atomic E-state index is 13.4. The van der Waals surface area contributed by atoms with Gasteiger partial charge in [-0.3, -0.25) is 45.9 Å². The third-order valence-electron chi connectivity index (χ3n) is 10.8. The smallest absolute Gasteiger partial charge is 0.326 e. The van der Waals surface area contributed by atoms with Gasteiger partial charge in [-0.05, 0) is 84.7 Å². The lowest BCUT2D eigenvalue weighted by molar-refractivity contribution is -0.138. The largest absolute Gasteiger partial charge is 0.416 e. The molecule has 2 unspecified atom stereocenters. The lowest BCUT2D eigenvalue weighted by Crippen LogP contribution is -2.38. The molecule has 2 fully saturated rings. The number of halogens is 7. The van der Waals surface area contributed by atoms with E-state index in [-0.39, 0.29) is 86.3 Å². The van der Waals surface area contributed by atoms with Crippen LogP contribution >= 0.6 is 22.6 Å². The maximum absolute atomic E-state index is 13.4. The highest BCUT2D eigenvalue weighted by Crippen LogP contribution is 2.35. The molecule has 2 N–H and O–H groups in total. The predicted octanol–water partition coefficient (Wildman–Crippen LogP) is 4.05. The zero-order valence-corrected chi connectivity index (χ0v) is 42.0. The van der Waals surface area contributed by atoms with Crippen LogP contribution < -0.4 is 33.1 Å². The van der Waals surface area contributed by atoms with Gasteiger partial charge in [0.05, 0.1) is 45.8 Å². The number of anilines is 2. The highest BCUT2D eigenvalue weighted by atomic mass is 127. The fraction of sp³-hybridized carbons (Fsp3) is 0.364. The maximum Gasteiger partial charge on any atom is 0.416 e. The number of terminal acetylenes is 1. The lowest BCUT2D eigenvalue weighted by Gasteiger charge is -2.11. The molecule has 0 aliphatic heterocycles. The van der Waals surface area contributed by atoms with Crippen LogP contribution in [0.15, 0.2) is 65.9 Å². The molecule has 6 aromatic rings. The topological polar surface area (TPSA) is 216 Å². The molecule has 0 spiro atoms. The van der Waals surface area contributed by atoms with Crippen molar-refractivity contribution in [1.29, 1.82) is 0 Å². The summed E-state index contributed by atoms with van der Waals surface area (Å²) >= 11 is 1.80. The molecule has 27 heteroatoms. The summed E-state index contributed by atoms with van der Waals surface area (Å²) in [5.74, 6) is 6.82. The van der Waals surface area contributed by atoms with E-state index >= 15 is 0 Å². The highest BCUT2D eigenvalue weighted by molar-refractivity contribution is 14.1. The molecule has 71 heavy (non-hydrogen) atoms. The van der Waals surface area contributed by atoms with Crippen molar-refractivity contribution in [2.75, 3.05) is 23.1 Å². The molecule has 0 bridgehead atoms. The molecule has 2 saturated carbocycles. The highest BCUT2D eigenvalue weighted by Gasteiger charge is 2.34. The summed E-state index contributed by atoms with van der Waals surface area (Å²) in [6.45, 7) is -0.299. The lowest BCUT2D eigenvalue weighted by atomic mass is 10.1. The molecule has 2 atom stereocenters. The van der Waals surface area contributed by atoms with Crippen molar-refractivity contribution in [3.05, 3.63) is 98.3 Å². The molecular weight excluding hydrogens is 1100 g/mol. The molecule has 0 saturated heterocycles. The number of hydrogen-bond acceptors (Lipinski definition) is 10. The average molecular weight is 1140 g/mol. The molecule has 8 rings (SSSR count). The number of benzene rings is 2. The van der Waals surface area contributed by atoms with E-state index in [0.717, 1.165) is 50.8 Å². The first-order valence-electron chi connectivity index (χ1n) is 20.8. The predicted molar refractivity (Wildman–Crippen MR) is 259 cm³/mol. The van der Waals surface area contributed by atoms with Gasteiger partial charge < -0.3 is 19.8 Å². The van der Waals surface area contributed by atoms with Gasteiger partial charge in [0.15, 0.2) is 22.3 Å². The van der Waals surface area contributed by atoms with Crippen molar-refractivity contribution in [3.8, 4) is 24.2 Å². The van der Waals surface area contributed by atoms with E-state index in [0.29, 0.717) is 16.4 Å². The van der Waals surface area contributed by atoms with Gasteiger partial charge in [-0.2, -0.15) is 26.3 Å². The average Bonchev–Trinajstić information content (AvgIpc) is 4.23. The number of carbonyl (C=O) groups excluding carboxylic acids is 2. The number of rotatable bonds is 8. The van der Waals surface area contributed by atoms with E-state index in [2.05, 4.69) is 38.4 Å². The van der Waals surface area contributed by atoms with Crippen molar-refractivity contribution in [1.82, 2.24) is 37.4 Å². The van der Waals surface area contributed by atoms with Crippen molar-refractivity contribution >= 4 is 89.7 Å². The molecule has 18 nitrogen and oxygen atoms in total. The Labute approximate surface area is 416 Å². The summed E-state index contributed by atoms with van der Waals surface area (Å²) in [5, 5.41) is 5.31. The van der Waals surface area contributed by atoms with Crippen LogP contribution in [-0.2, 0) is 84.8 Å². The molecule has 2 aliphatic carbocycles. The Balaban J connectivity index is 0.000000193. The molecule has 2 amide bonds. The summed E-state index contributed by atoms with van der Waals surface area (Å²) in [5.41, 5.74) is -3.54. The van der Waals surface area contributed by atoms with E-state index in [4.69, 9.17) is 6.42 Å². The molecule has 4 aromatic heterocycles. The van der Waals surface area contributed by atoms with Crippen LogP contribution in [0.1, 0.15) is 42.4 Å². The quantitative estimate of drug-likeness (QED) is 0.127. The minimum Gasteiger partial charge on any atom is -0.326 e. The van der Waals surface area contributed by atoms with Crippen molar-refractivity contribution < 1.29 is 44.3 Å². The van der Waals surface area contributed by atoms with Crippen molar-refractivity contribution in [2.45, 2.75) is 61.4 Å². The second-order valence-corrected chi connectivity index (χ2v) is 20.0. The standard InChI is InChI=1S/C22H20F3N5O4S.C11H9F3INO.C11H12N4O3S/c1-28-16-17(27-20(28)35(3)34)30(21(33)29(2)19(16)32)8-4-5-12-9-14(22(23,24)25)11-15(10-12)26-18(31)13-6-7-13;12-11(13,14)7-3-8(15)5-9(4-7)16-10(17)6-1-2-6;1-5-6-15-8-7(9(16)14(3)11(15)17)13(2)10(12-8)19(4)18/h9-11,13H,6-8H2,1-3H3,(H,26,31);3-6H,1-2H2,(H,16,17);1H,6H2,2-4H3. The fourth-order valence-electron chi connectivity index (χ4n) is 6.87. The van der Waals surface area contributed by atoms with Gasteiger partial charge in [-0.15, -0.1) is 6.42 Å². The van der Waals surface area contributed by atoms with E-state index in [1.807, 2.05) is 0 Å². The summed E-state index contributed by atoms with van der Waals surface area (Å²) in [6.07, 6.45) is 2.04. The molecule has 0 radical (unpaired) electrons. The molecule has 4 heterocycles. The van der Waals surface area contributed by atoms with Crippen LogP contribution in [0, 0.1) is 39.6 Å². The molecule has 2 aromatic carbocycles. The van der Waals surface area contributed by atoms with Crippen molar-refractivity contribution in [3.63, 3.8) is 0 Å². The number of carbonyl (C=O) groups is 2. The van der Waals surface area contributed by atoms with Gasteiger partial charge >= 0.3 is 23.7 Å². The summed E-state index contributed by atoms with van der Waals surface area (Å²) in [4.78, 5) is 81.1. The number of hydrogen-bond donors (Lipinski definition) is 2. The minimum atomic E-state index is -4.66. The summed E-state index contributed by atoms with van der Waals surface area (Å²) in [7, 11) is 2.80. The Bertz CT molecular complexity index is 3560. The third-order valence-corrected chi connectivity index (χ3v) is 13.2. The molecular formula is C44H41F6IN10O8S2. The first kappa shape index (κ1) is 53.8. The number of aryl methyl sites for hydroxylation is 2. The zero-order valence-electron chi connectivity index (χ0n) is 38.2. The number of nitrogens with zero attached hydrogens (tertiary/aromatic N) is 8. The van der Waals surface area contributed by atoms with Gasteiger partial charge in [-0.25, -0.2) is 19.6 Å². The number of imidazole rings is 2. The number of fused-ring (bicyclic) bond motifs is 2. The zero-order chi connectivity index (χ0) is 52.6. The van der Waals surface area contributed by atoms with E-state index in [1.54, 1.807) is 29.6 Å². The van der Waals surface area contributed by atoms with Gasteiger partial charge in [0.25, 0.3) is 11.1 Å². The number of aromatic nitrogens is 8. The Hall–Kier alpha value is -6.59. The Kier molecular flexibility index (Phi) is 15.9. The van der Waals surface area contributed by atoms with Crippen LogP contribution in [0.5, 0.6) is 0 Å². The Morgan fingerprint density at radius 2 is 1.08 bits per heavy atom.